The number of rotatable bonds is 12. The molecule has 0 saturated heterocycles. The van der Waals surface area contributed by atoms with Gasteiger partial charge in [-0.05, 0) is 60.7 Å². The molecule has 0 bridgehead atoms. The van der Waals surface area contributed by atoms with E-state index in [-0.39, 0.29) is 46.9 Å². The van der Waals surface area contributed by atoms with Crippen molar-refractivity contribution < 1.29 is 35.1 Å². The van der Waals surface area contributed by atoms with Gasteiger partial charge in [0.05, 0.1) is 9.79 Å². The van der Waals surface area contributed by atoms with Crippen LogP contribution in [0.1, 0.15) is 0 Å². The summed E-state index contributed by atoms with van der Waals surface area (Å²) in [5.74, 6) is -0.0461. The summed E-state index contributed by atoms with van der Waals surface area (Å²) in [7, 11) is -8.03. The Morgan fingerprint density at radius 2 is 0.921 bits per heavy atom. The maximum absolute atomic E-state index is 13.0. The number of ether oxygens (including phenoxy) is 2. The van der Waals surface area contributed by atoms with Crippen LogP contribution in [0.5, 0.6) is 11.5 Å². The molecule has 2 N–H and O–H groups in total. The van der Waals surface area contributed by atoms with E-state index >= 15 is 0 Å². The molecule has 0 saturated carbocycles. The minimum Gasteiger partial charge on any atom is -0.492 e. The molecule has 12 heteroatoms. The van der Waals surface area contributed by atoms with Crippen molar-refractivity contribution in [3.8, 4) is 11.5 Å². The molecule has 200 valence electrons. The highest BCUT2D eigenvalue weighted by atomic mass is 32.2. The van der Waals surface area contributed by atoms with E-state index in [9.17, 15) is 25.6 Å². The van der Waals surface area contributed by atoms with E-state index in [0.717, 1.165) is 0 Å². The van der Waals surface area contributed by atoms with Crippen molar-refractivity contribution in [2.75, 3.05) is 26.3 Å². The molecule has 0 atom stereocenters. The summed E-state index contributed by atoms with van der Waals surface area (Å²) in [4.78, 5) is -0.179. The zero-order chi connectivity index (χ0) is 27.2. The van der Waals surface area contributed by atoms with E-state index in [1.54, 1.807) is 0 Å². The Morgan fingerprint density at radius 3 is 1.29 bits per heavy atom. The molecule has 4 aromatic carbocycles. The second kappa shape index (κ2) is 11.9. The van der Waals surface area contributed by atoms with Crippen LogP contribution in [-0.4, -0.2) is 43.1 Å². The van der Waals surface area contributed by atoms with Crippen LogP contribution in [0, 0.1) is 11.6 Å². The smallest absolute Gasteiger partial charge is 0.241 e. The SMILES string of the molecule is O=S(=O)(NCCOc1ccc(F)cc1)c1cccc2c(S(=O)(=O)NCCOc3ccc(F)cc3)cccc12. The summed E-state index contributed by atoms with van der Waals surface area (Å²) in [6.07, 6.45) is 0. The third kappa shape index (κ3) is 6.84. The third-order valence-corrected chi connectivity index (χ3v) is 8.41. The van der Waals surface area contributed by atoms with Crippen molar-refractivity contribution in [2.45, 2.75) is 9.79 Å². The van der Waals surface area contributed by atoms with Crippen molar-refractivity contribution in [1.82, 2.24) is 9.44 Å². The van der Waals surface area contributed by atoms with E-state index < -0.39 is 31.7 Å². The van der Waals surface area contributed by atoms with Gasteiger partial charge in [-0.3, -0.25) is 0 Å². The first-order valence-corrected chi connectivity index (χ1v) is 14.4. The van der Waals surface area contributed by atoms with Crippen LogP contribution in [0.3, 0.4) is 0 Å². The molecule has 0 heterocycles. The van der Waals surface area contributed by atoms with E-state index in [0.29, 0.717) is 11.5 Å². The quantitative estimate of drug-likeness (QED) is 0.254. The zero-order valence-electron chi connectivity index (χ0n) is 19.9. The molecule has 0 unspecified atom stereocenters. The maximum atomic E-state index is 13.0. The van der Waals surface area contributed by atoms with E-state index in [1.807, 2.05) is 0 Å². The Kier molecular flexibility index (Phi) is 8.57. The van der Waals surface area contributed by atoms with Gasteiger partial charge in [0, 0.05) is 23.9 Å². The van der Waals surface area contributed by atoms with Gasteiger partial charge in [-0.1, -0.05) is 24.3 Å². The molecule has 0 fully saturated rings. The molecular weight excluding hydrogens is 538 g/mol. The van der Waals surface area contributed by atoms with Crippen LogP contribution in [-0.2, 0) is 20.0 Å². The van der Waals surface area contributed by atoms with Crippen molar-refractivity contribution in [1.29, 1.82) is 0 Å². The number of nitrogens with one attached hydrogen (secondary N) is 2. The molecular formula is C26H24F2N2O6S2. The number of hydrogen-bond donors (Lipinski definition) is 2. The number of sulfonamides is 2. The molecule has 0 radical (unpaired) electrons. The van der Waals surface area contributed by atoms with E-state index in [4.69, 9.17) is 9.47 Å². The number of fused-ring (bicyclic) bond motifs is 1. The molecule has 0 amide bonds. The lowest BCUT2D eigenvalue weighted by Gasteiger charge is -2.13. The van der Waals surface area contributed by atoms with Crippen LogP contribution in [0.2, 0.25) is 0 Å². The maximum Gasteiger partial charge on any atom is 0.241 e. The van der Waals surface area contributed by atoms with Gasteiger partial charge < -0.3 is 9.47 Å². The van der Waals surface area contributed by atoms with Crippen molar-refractivity contribution in [3.63, 3.8) is 0 Å². The monoisotopic (exact) mass is 562 g/mol. The van der Waals surface area contributed by atoms with Gasteiger partial charge >= 0.3 is 0 Å². The Hall–Kier alpha value is -3.58. The Morgan fingerprint density at radius 1 is 0.553 bits per heavy atom. The topological polar surface area (TPSA) is 111 Å². The highest BCUT2D eigenvalue weighted by Crippen LogP contribution is 2.28. The summed E-state index contributed by atoms with van der Waals surface area (Å²) in [5, 5.41) is 0.454. The van der Waals surface area contributed by atoms with Gasteiger partial charge in [-0.15, -0.1) is 0 Å². The molecule has 4 rings (SSSR count). The number of hydrogen-bond acceptors (Lipinski definition) is 6. The second-order valence-electron chi connectivity index (χ2n) is 8.01. The minimum atomic E-state index is -4.02. The molecule has 0 aliphatic heterocycles. The van der Waals surface area contributed by atoms with E-state index in [2.05, 4.69) is 9.44 Å². The van der Waals surface area contributed by atoms with Gasteiger partial charge in [-0.25, -0.2) is 35.1 Å². The first-order valence-electron chi connectivity index (χ1n) is 11.4. The van der Waals surface area contributed by atoms with Gasteiger partial charge in [0.25, 0.3) is 0 Å². The fraction of sp³-hybridized carbons (Fsp3) is 0.154. The summed E-state index contributed by atoms with van der Waals surface area (Å²) < 4.78 is 93.7. The molecule has 0 spiro atoms. The number of halogens is 2. The van der Waals surface area contributed by atoms with E-state index in [1.165, 1.54) is 84.9 Å². The van der Waals surface area contributed by atoms with Gasteiger partial charge in [0.15, 0.2) is 0 Å². The lowest BCUT2D eigenvalue weighted by Crippen LogP contribution is -2.29. The van der Waals surface area contributed by atoms with Gasteiger partial charge in [0.1, 0.15) is 36.3 Å². The number of benzene rings is 4. The fourth-order valence-corrected chi connectivity index (χ4v) is 6.09. The van der Waals surface area contributed by atoms with Crippen LogP contribution in [0.4, 0.5) is 8.78 Å². The summed E-state index contributed by atoms with van der Waals surface area (Å²) >= 11 is 0. The summed E-state index contributed by atoms with van der Waals surface area (Å²) in [6.45, 7) is -0.133. The van der Waals surface area contributed by atoms with Crippen molar-refractivity contribution >= 4 is 30.8 Å². The first kappa shape index (κ1) is 27.5. The van der Waals surface area contributed by atoms with Crippen LogP contribution >= 0.6 is 0 Å². The predicted molar refractivity (Wildman–Crippen MR) is 138 cm³/mol. The summed E-state index contributed by atoms with van der Waals surface area (Å²) in [6, 6.07) is 19.4. The highest BCUT2D eigenvalue weighted by molar-refractivity contribution is 7.90. The highest BCUT2D eigenvalue weighted by Gasteiger charge is 2.22. The normalized spacial score (nSPS) is 11.9. The average molecular weight is 563 g/mol. The Bertz CT molecular complexity index is 1490. The average Bonchev–Trinajstić information content (AvgIpc) is 2.90. The Labute approximate surface area is 219 Å². The lowest BCUT2D eigenvalue weighted by atomic mass is 10.1. The zero-order valence-corrected chi connectivity index (χ0v) is 21.6. The molecule has 0 aliphatic rings. The lowest BCUT2D eigenvalue weighted by molar-refractivity contribution is 0.322. The molecule has 0 aromatic heterocycles. The second-order valence-corrected chi connectivity index (χ2v) is 11.5. The minimum absolute atomic E-state index is 0.000823. The van der Waals surface area contributed by atoms with Crippen molar-refractivity contribution in [3.05, 3.63) is 96.6 Å². The van der Waals surface area contributed by atoms with Crippen LogP contribution < -0.4 is 18.9 Å². The summed E-state index contributed by atoms with van der Waals surface area (Å²) in [5.41, 5.74) is 0. The molecule has 38 heavy (non-hydrogen) atoms. The Balaban J connectivity index is 1.43. The molecule has 8 nitrogen and oxygen atoms in total. The van der Waals surface area contributed by atoms with Crippen molar-refractivity contribution in [2.24, 2.45) is 0 Å². The third-order valence-electron chi connectivity index (χ3n) is 5.37. The predicted octanol–water partition coefficient (Wildman–Crippen LogP) is 3.83. The largest absolute Gasteiger partial charge is 0.492 e. The van der Waals surface area contributed by atoms with Crippen LogP contribution in [0.25, 0.3) is 10.8 Å². The van der Waals surface area contributed by atoms with Crippen LogP contribution in [0.15, 0.2) is 94.7 Å². The molecule has 0 aliphatic carbocycles. The standard InChI is InChI=1S/C26H24F2N2O6S2/c27-19-7-11-21(12-8-19)35-17-15-29-37(31,32)25-5-1-3-23-24(25)4-2-6-26(23)38(33,34)30-16-18-36-22-13-9-20(28)10-14-22/h1-14,29-30H,15-18H2. The van der Waals surface area contributed by atoms with Gasteiger partial charge in [-0.2, -0.15) is 0 Å². The molecule has 4 aromatic rings. The van der Waals surface area contributed by atoms with Gasteiger partial charge in [0.2, 0.25) is 20.0 Å². The fourth-order valence-electron chi connectivity index (χ4n) is 3.63. The first-order chi connectivity index (χ1) is 18.2.